The normalized spacial score (nSPS) is 11.1. The lowest BCUT2D eigenvalue weighted by molar-refractivity contribution is 1.66. The van der Waals surface area contributed by atoms with E-state index < -0.39 is 0 Å². The third-order valence-corrected chi connectivity index (χ3v) is 3.95. The fourth-order valence-corrected chi connectivity index (χ4v) is 3.22. The van der Waals surface area contributed by atoms with Crippen molar-refractivity contribution in [2.75, 3.05) is 0 Å². The van der Waals surface area contributed by atoms with Crippen LogP contribution in [-0.2, 0) is 0 Å². The predicted molar refractivity (Wildman–Crippen MR) is 72.4 cm³/mol. The van der Waals surface area contributed by atoms with E-state index in [0.717, 1.165) is 13.7 Å². The third-order valence-electron chi connectivity index (χ3n) is 1.94. The van der Waals surface area contributed by atoms with Crippen LogP contribution >= 0.6 is 38.9 Å². The van der Waals surface area contributed by atoms with Crippen molar-refractivity contribution >= 4 is 51.0 Å². The van der Waals surface area contributed by atoms with Crippen molar-refractivity contribution in [2.45, 2.75) is 0 Å². The number of benzene rings is 1. The van der Waals surface area contributed by atoms with Crippen LogP contribution < -0.4 is 0 Å². The number of thiophene rings is 1. The van der Waals surface area contributed by atoms with Gasteiger partial charge in [-0.2, -0.15) is 0 Å². The Hall–Kier alpha value is -0.570. The van der Waals surface area contributed by atoms with Crippen LogP contribution in [0.5, 0.6) is 0 Å². The van der Waals surface area contributed by atoms with Crippen LogP contribution in [0.15, 0.2) is 40.2 Å². The smallest absolute Gasteiger partial charge is 0.0946 e. The van der Waals surface area contributed by atoms with Crippen LogP contribution in [0.4, 0.5) is 0 Å². The zero-order valence-corrected chi connectivity index (χ0v) is 10.9. The van der Waals surface area contributed by atoms with Gasteiger partial charge in [-0.3, -0.25) is 0 Å². The van der Waals surface area contributed by atoms with Gasteiger partial charge < -0.3 is 0 Å². The molecular weight excluding hydrogens is 292 g/mol. The Balaban J connectivity index is 2.22. The lowest BCUT2D eigenvalue weighted by Gasteiger charge is -1.91. The molecule has 0 saturated heterocycles. The molecular formula is C12H8BrClS. The molecule has 0 aliphatic rings. The molecule has 0 radical (unpaired) electrons. The minimum absolute atomic E-state index is 0.801. The van der Waals surface area contributed by atoms with Gasteiger partial charge >= 0.3 is 0 Å². The summed E-state index contributed by atoms with van der Waals surface area (Å²) in [6.45, 7) is 0. The van der Waals surface area contributed by atoms with E-state index in [4.69, 9.17) is 11.6 Å². The zero-order valence-electron chi connectivity index (χ0n) is 7.78. The Morgan fingerprint density at radius 1 is 1.13 bits per heavy atom. The SMILES string of the molecule is Clc1cc(/C=C\c2ccccc2)c(Br)s1. The molecule has 15 heavy (non-hydrogen) atoms. The summed E-state index contributed by atoms with van der Waals surface area (Å²) in [5.41, 5.74) is 2.31. The van der Waals surface area contributed by atoms with Crippen molar-refractivity contribution in [3.8, 4) is 0 Å². The van der Waals surface area contributed by atoms with Gasteiger partial charge in [-0.25, -0.2) is 0 Å². The van der Waals surface area contributed by atoms with E-state index in [-0.39, 0.29) is 0 Å². The molecule has 76 valence electrons. The van der Waals surface area contributed by atoms with Crippen LogP contribution in [0.25, 0.3) is 12.2 Å². The predicted octanol–water partition coefficient (Wildman–Crippen LogP) is 5.33. The maximum Gasteiger partial charge on any atom is 0.0946 e. The Morgan fingerprint density at radius 3 is 2.47 bits per heavy atom. The summed E-state index contributed by atoms with van der Waals surface area (Å²) in [6, 6.07) is 12.1. The topological polar surface area (TPSA) is 0 Å². The van der Waals surface area contributed by atoms with E-state index >= 15 is 0 Å². The largest absolute Gasteiger partial charge is 0.116 e. The molecule has 0 bridgehead atoms. The summed E-state index contributed by atoms with van der Waals surface area (Å²) in [5.74, 6) is 0. The van der Waals surface area contributed by atoms with Crippen molar-refractivity contribution in [1.29, 1.82) is 0 Å². The van der Waals surface area contributed by atoms with Crippen LogP contribution in [0.3, 0.4) is 0 Å². The maximum atomic E-state index is 5.90. The Morgan fingerprint density at radius 2 is 1.87 bits per heavy atom. The molecule has 1 aromatic carbocycles. The molecule has 0 spiro atoms. The van der Waals surface area contributed by atoms with Crippen LogP contribution in [0, 0.1) is 0 Å². The van der Waals surface area contributed by atoms with E-state index in [0.29, 0.717) is 0 Å². The van der Waals surface area contributed by atoms with Gasteiger partial charge in [0.15, 0.2) is 0 Å². The minimum Gasteiger partial charge on any atom is -0.116 e. The molecule has 2 aromatic rings. The summed E-state index contributed by atoms with van der Waals surface area (Å²) in [7, 11) is 0. The first-order chi connectivity index (χ1) is 7.25. The summed E-state index contributed by atoms with van der Waals surface area (Å²) < 4.78 is 1.87. The van der Waals surface area contributed by atoms with E-state index in [9.17, 15) is 0 Å². The van der Waals surface area contributed by atoms with Gasteiger partial charge in [0.2, 0.25) is 0 Å². The average molecular weight is 300 g/mol. The van der Waals surface area contributed by atoms with Gasteiger partial charge in [0, 0.05) is 5.56 Å². The number of rotatable bonds is 2. The van der Waals surface area contributed by atoms with Gasteiger partial charge in [0.1, 0.15) is 0 Å². The quantitative estimate of drug-likeness (QED) is 0.702. The highest BCUT2D eigenvalue weighted by Crippen LogP contribution is 2.32. The Bertz CT molecular complexity index is 474. The molecule has 0 fully saturated rings. The molecule has 0 unspecified atom stereocenters. The van der Waals surface area contributed by atoms with Gasteiger partial charge in [-0.15, -0.1) is 11.3 Å². The number of hydrogen-bond acceptors (Lipinski definition) is 1. The summed E-state index contributed by atoms with van der Waals surface area (Å²) in [5, 5.41) is 0. The molecule has 0 nitrogen and oxygen atoms in total. The van der Waals surface area contributed by atoms with Crippen molar-refractivity contribution < 1.29 is 0 Å². The Kier molecular flexibility index (Phi) is 3.62. The van der Waals surface area contributed by atoms with Crippen LogP contribution in [-0.4, -0.2) is 0 Å². The van der Waals surface area contributed by atoms with Gasteiger partial charge in [0.05, 0.1) is 8.12 Å². The number of hydrogen-bond donors (Lipinski definition) is 0. The summed E-state index contributed by atoms with van der Waals surface area (Å²) in [4.78, 5) is 0. The first-order valence-electron chi connectivity index (χ1n) is 4.43. The fourth-order valence-electron chi connectivity index (χ4n) is 1.22. The molecule has 0 saturated carbocycles. The molecule has 2 rings (SSSR count). The second kappa shape index (κ2) is 4.97. The van der Waals surface area contributed by atoms with E-state index in [1.54, 1.807) is 0 Å². The van der Waals surface area contributed by atoms with Gasteiger partial charge in [-0.1, -0.05) is 54.1 Å². The molecule has 0 aliphatic carbocycles. The molecule has 1 aromatic heterocycles. The van der Waals surface area contributed by atoms with Crippen LogP contribution in [0.1, 0.15) is 11.1 Å². The van der Waals surface area contributed by atoms with Crippen LogP contribution in [0.2, 0.25) is 4.34 Å². The molecule has 1 heterocycles. The molecule has 0 atom stereocenters. The molecule has 0 aliphatic heterocycles. The molecule has 0 N–H and O–H groups in total. The van der Waals surface area contributed by atoms with Gasteiger partial charge in [0.25, 0.3) is 0 Å². The zero-order chi connectivity index (χ0) is 10.7. The fraction of sp³-hybridized carbons (Fsp3) is 0. The van der Waals surface area contributed by atoms with Crippen molar-refractivity contribution in [1.82, 2.24) is 0 Å². The van der Waals surface area contributed by atoms with Gasteiger partial charge in [-0.05, 0) is 27.6 Å². The van der Waals surface area contributed by atoms with Crippen molar-refractivity contribution in [2.24, 2.45) is 0 Å². The summed E-state index contributed by atoms with van der Waals surface area (Å²) in [6.07, 6.45) is 4.13. The highest BCUT2D eigenvalue weighted by Gasteiger charge is 2.01. The minimum atomic E-state index is 0.801. The second-order valence-corrected chi connectivity index (χ2v) is 6.02. The molecule has 3 heteroatoms. The first kappa shape index (κ1) is 10.9. The monoisotopic (exact) mass is 298 g/mol. The Labute approximate surface area is 106 Å². The summed E-state index contributed by atoms with van der Waals surface area (Å²) >= 11 is 10.9. The third kappa shape index (κ3) is 2.94. The maximum absolute atomic E-state index is 5.90. The highest BCUT2D eigenvalue weighted by molar-refractivity contribution is 9.11. The molecule has 0 amide bonds. The second-order valence-electron chi connectivity index (χ2n) is 3.02. The standard InChI is InChI=1S/C12H8BrClS/c13-12-10(8-11(14)15-12)7-6-9-4-2-1-3-5-9/h1-8H/b7-6-. The van der Waals surface area contributed by atoms with E-state index in [2.05, 4.69) is 40.2 Å². The van der Waals surface area contributed by atoms with Crippen molar-refractivity contribution in [3.63, 3.8) is 0 Å². The lowest BCUT2D eigenvalue weighted by atomic mass is 10.2. The van der Waals surface area contributed by atoms with E-state index in [1.807, 2.05) is 24.3 Å². The highest BCUT2D eigenvalue weighted by atomic mass is 79.9. The number of halogens is 2. The van der Waals surface area contributed by atoms with Crippen molar-refractivity contribution in [3.05, 3.63) is 55.6 Å². The van der Waals surface area contributed by atoms with E-state index in [1.165, 1.54) is 16.9 Å². The average Bonchev–Trinajstić information content (AvgIpc) is 2.56. The first-order valence-corrected chi connectivity index (χ1v) is 6.42. The lowest BCUT2D eigenvalue weighted by Crippen LogP contribution is -1.68.